The van der Waals surface area contributed by atoms with Crippen LogP contribution in [0, 0.1) is 0 Å². The topological polar surface area (TPSA) is 326 Å². The first-order valence-corrected chi connectivity index (χ1v) is 12.7. The largest absolute Gasteiger partial charge is 0.480 e. The lowest BCUT2D eigenvalue weighted by Crippen LogP contribution is -2.59. The van der Waals surface area contributed by atoms with E-state index in [0.29, 0.717) is 25.8 Å². The summed E-state index contributed by atoms with van der Waals surface area (Å²) in [5.41, 5.74) is 32.4. The van der Waals surface area contributed by atoms with Crippen LogP contribution in [0.4, 0.5) is 0 Å². The lowest BCUT2D eigenvalue weighted by atomic mass is 10.1. The number of aliphatic hydroxyl groups excluding tert-OH is 1. The number of carbonyl (C=O) groups is 4. The Morgan fingerprint density at radius 3 is 1.74 bits per heavy atom. The Balaban J connectivity index is 5.46. The molecular weight excluding hydrogens is 514 g/mol. The summed E-state index contributed by atoms with van der Waals surface area (Å²) in [6.07, 6.45) is 0.722. The average molecular weight is 560 g/mol. The molecule has 17 heteroatoms. The first-order chi connectivity index (χ1) is 18.3. The molecule has 0 heterocycles. The van der Waals surface area contributed by atoms with Crippen molar-refractivity contribution in [3.05, 3.63) is 0 Å². The summed E-state index contributed by atoms with van der Waals surface area (Å²) in [4.78, 5) is 57.8. The number of guanidine groups is 2. The van der Waals surface area contributed by atoms with Crippen molar-refractivity contribution in [2.24, 2.45) is 44.4 Å². The van der Waals surface area contributed by atoms with Crippen molar-refractivity contribution < 1.29 is 29.4 Å². The number of nitrogens with one attached hydrogen (secondary N) is 3. The van der Waals surface area contributed by atoms with E-state index < -0.39 is 54.0 Å². The number of aliphatic carboxylic acids is 1. The number of aliphatic imine (C=N–C) groups is 2. The fourth-order valence-corrected chi connectivity index (χ4v) is 3.37. The third-order valence-electron chi connectivity index (χ3n) is 5.51. The van der Waals surface area contributed by atoms with Crippen LogP contribution in [0.15, 0.2) is 9.98 Å². The molecule has 3 amide bonds. The van der Waals surface area contributed by atoms with Crippen molar-refractivity contribution in [2.75, 3.05) is 19.6 Å². The molecule has 0 aromatic heterocycles. The van der Waals surface area contributed by atoms with Crippen molar-refractivity contribution in [1.29, 1.82) is 0 Å². The van der Waals surface area contributed by atoms with Crippen molar-refractivity contribution in [1.82, 2.24) is 16.0 Å². The van der Waals surface area contributed by atoms with Gasteiger partial charge >= 0.3 is 5.97 Å². The predicted octanol–water partition coefficient (Wildman–Crippen LogP) is -4.53. The number of unbranched alkanes of at least 4 members (excludes halogenated alkanes) is 1. The minimum atomic E-state index is -1.45. The number of amides is 3. The van der Waals surface area contributed by atoms with Gasteiger partial charge in [-0.05, 0) is 58.4 Å². The van der Waals surface area contributed by atoms with Crippen LogP contribution in [0.2, 0.25) is 0 Å². The van der Waals surface area contributed by atoms with Gasteiger partial charge in [-0.2, -0.15) is 0 Å². The number of rotatable bonds is 20. The van der Waals surface area contributed by atoms with E-state index in [-0.39, 0.29) is 50.7 Å². The molecule has 0 aromatic carbocycles. The summed E-state index contributed by atoms with van der Waals surface area (Å²) in [6.45, 7) is 2.05. The molecule has 0 aliphatic carbocycles. The molecule has 17 nitrogen and oxygen atoms in total. The van der Waals surface area contributed by atoms with E-state index in [1.54, 1.807) is 0 Å². The highest BCUT2D eigenvalue weighted by Gasteiger charge is 2.32. The van der Waals surface area contributed by atoms with E-state index >= 15 is 0 Å². The molecule has 0 fully saturated rings. The van der Waals surface area contributed by atoms with Crippen LogP contribution >= 0.6 is 0 Å². The van der Waals surface area contributed by atoms with Gasteiger partial charge in [0.25, 0.3) is 0 Å². The van der Waals surface area contributed by atoms with Gasteiger partial charge < -0.3 is 60.6 Å². The molecule has 0 bridgehead atoms. The quantitative estimate of drug-likeness (QED) is 0.0381. The number of nitrogens with two attached hydrogens (primary N) is 6. The molecule has 0 spiro atoms. The zero-order chi connectivity index (χ0) is 30.0. The Bertz CT molecular complexity index is 844. The number of carboxylic acid groups (broad SMARTS) is 1. The minimum Gasteiger partial charge on any atom is -0.480 e. The zero-order valence-corrected chi connectivity index (χ0v) is 22.3. The van der Waals surface area contributed by atoms with E-state index in [9.17, 15) is 29.4 Å². The maximum Gasteiger partial charge on any atom is 0.326 e. The van der Waals surface area contributed by atoms with Crippen molar-refractivity contribution >= 4 is 35.6 Å². The highest BCUT2D eigenvalue weighted by molar-refractivity contribution is 5.94. The number of carboxylic acids is 1. The van der Waals surface area contributed by atoms with Crippen LogP contribution in [0.1, 0.15) is 51.9 Å². The maximum absolute atomic E-state index is 13.0. The Labute approximate surface area is 227 Å². The van der Waals surface area contributed by atoms with E-state index in [1.165, 1.54) is 6.92 Å². The van der Waals surface area contributed by atoms with Gasteiger partial charge in [-0.25, -0.2) is 4.79 Å². The standard InChI is InChI=1S/C22H45N11O6/c1-12(34)16(33-17(35)13(24)6-4-10-29-21(25)26)19(37)31-14(8-5-11-30-22(27)28)18(36)32-15(20(38)39)7-2-3-9-23/h12-16,34H,2-11,23-24H2,1H3,(H,31,37)(H,32,36)(H,33,35)(H,38,39)(H4,25,26,29)(H4,27,28,30). The summed E-state index contributed by atoms with van der Waals surface area (Å²) >= 11 is 0. The minimum absolute atomic E-state index is 0.0360. The van der Waals surface area contributed by atoms with Gasteiger partial charge in [0.1, 0.15) is 18.1 Å². The van der Waals surface area contributed by atoms with E-state index in [1.807, 2.05) is 0 Å². The summed E-state index contributed by atoms with van der Waals surface area (Å²) in [7, 11) is 0. The number of hydrogen-bond donors (Lipinski definition) is 11. The van der Waals surface area contributed by atoms with Gasteiger partial charge in [0.05, 0.1) is 12.1 Å². The normalized spacial score (nSPS) is 14.6. The smallest absolute Gasteiger partial charge is 0.326 e. The van der Waals surface area contributed by atoms with Gasteiger partial charge in [-0.3, -0.25) is 24.4 Å². The molecule has 0 saturated carbocycles. The molecule has 17 N–H and O–H groups in total. The van der Waals surface area contributed by atoms with Gasteiger partial charge in [0.15, 0.2) is 11.9 Å². The second kappa shape index (κ2) is 19.4. The lowest BCUT2D eigenvalue weighted by Gasteiger charge is -2.26. The van der Waals surface area contributed by atoms with Gasteiger partial charge in [-0.15, -0.1) is 0 Å². The SMILES string of the molecule is CC(O)C(NC(=O)C(N)CCCN=C(N)N)C(=O)NC(CCCN=C(N)N)C(=O)NC(CCCCN)C(=O)O. The molecule has 0 rings (SSSR count). The molecular formula is C22H45N11O6. The second-order valence-electron chi connectivity index (χ2n) is 8.98. The van der Waals surface area contributed by atoms with Crippen LogP contribution in [0.5, 0.6) is 0 Å². The third kappa shape index (κ3) is 16.0. The molecule has 0 aromatic rings. The predicted molar refractivity (Wildman–Crippen MR) is 146 cm³/mol. The van der Waals surface area contributed by atoms with Crippen LogP contribution in [0.3, 0.4) is 0 Å². The average Bonchev–Trinajstić information content (AvgIpc) is 2.85. The molecule has 39 heavy (non-hydrogen) atoms. The Hall–Kier alpha value is -3.70. The van der Waals surface area contributed by atoms with E-state index in [4.69, 9.17) is 34.4 Å². The number of nitrogens with zero attached hydrogens (tertiary/aromatic N) is 2. The van der Waals surface area contributed by atoms with Gasteiger partial charge in [-0.1, -0.05) is 0 Å². The second-order valence-corrected chi connectivity index (χ2v) is 8.98. The van der Waals surface area contributed by atoms with E-state index in [0.717, 1.165) is 0 Å². The first kappa shape index (κ1) is 35.3. The summed E-state index contributed by atoms with van der Waals surface area (Å²) in [5.74, 6) is -3.84. The summed E-state index contributed by atoms with van der Waals surface area (Å²) < 4.78 is 0. The summed E-state index contributed by atoms with van der Waals surface area (Å²) in [6, 6.07) is -4.88. The summed E-state index contributed by atoms with van der Waals surface area (Å²) in [5, 5.41) is 26.9. The number of aliphatic hydroxyl groups is 1. The fraction of sp³-hybridized carbons (Fsp3) is 0.727. The van der Waals surface area contributed by atoms with Crippen LogP contribution in [-0.2, 0) is 19.2 Å². The van der Waals surface area contributed by atoms with Gasteiger partial charge in [0, 0.05) is 13.1 Å². The molecule has 0 aliphatic heterocycles. The zero-order valence-electron chi connectivity index (χ0n) is 22.3. The van der Waals surface area contributed by atoms with Crippen LogP contribution < -0.4 is 50.4 Å². The maximum atomic E-state index is 13.0. The number of carbonyl (C=O) groups excluding carboxylic acids is 3. The van der Waals surface area contributed by atoms with Crippen LogP contribution in [0.25, 0.3) is 0 Å². The molecule has 0 aliphatic rings. The third-order valence-corrected chi connectivity index (χ3v) is 5.51. The molecule has 5 unspecified atom stereocenters. The lowest BCUT2D eigenvalue weighted by molar-refractivity contribution is -0.142. The van der Waals surface area contributed by atoms with Crippen molar-refractivity contribution in [3.63, 3.8) is 0 Å². The molecule has 224 valence electrons. The Morgan fingerprint density at radius 2 is 1.26 bits per heavy atom. The van der Waals surface area contributed by atoms with Crippen LogP contribution in [-0.4, -0.2) is 95.7 Å². The van der Waals surface area contributed by atoms with E-state index in [2.05, 4.69) is 25.9 Å². The Morgan fingerprint density at radius 1 is 0.744 bits per heavy atom. The molecule has 0 radical (unpaired) electrons. The van der Waals surface area contributed by atoms with Gasteiger partial charge in [0.2, 0.25) is 17.7 Å². The highest BCUT2D eigenvalue weighted by atomic mass is 16.4. The molecule has 0 saturated heterocycles. The fourth-order valence-electron chi connectivity index (χ4n) is 3.37. The molecule has 5 atom stereocenters. The van der Waals surface area contributed by atoms with Crippen molar-refractivity contribution in [2.45, 2.75) is 82.1 Å². The highest BCUT2D eigenvalue weighted by Crippen LogP contribution is 2.06. The first-order valence-electron chi connectivity index (χ1n) is 12.7. The van der Waals surface area contributed by atoms with Crippen molar-refractivity contribution in [3.8, 4) is 0 Å². The monoisotopic (exact) mass is 559 g/mol. The Kier molecular flexibility index (Phi) is 17.5. The number of hydrogen-bond acceptors (Lipinski definition) is 9.